The van der Waals surface area contributed by atoms with E-state index in [0.29, 0.717) is 13.0 Å². The molecule has 0 unspecified atom stereocenters. The average molecular weight is 242 g/mol. The van der Waals surface area contributed by atoms with Gasteiger partial charge in [-0.15, -0.1) is 0 Å². The quantitative estimate of drug-likeness (QED) is 0.626. The second-order valence-corrected chi connectivity index (χ2v) is 5.03. The van der Waals surface area contributed by atoms with Crippen molar-refractivity contribution in [3.8, 4) is 0 Å². The second-order valence-electron chi connectivity index (χ2n) is 5.03. The Morgan fingerprint density at radius 1 is 1.47 bits per heavy atom. The Labute approximate surface area is 99.7 Å². The Kier molecular flexibility index (Phi) is 3.24. The molecule has 0 aromatic heterocycles. The van der Waals surface area contributed by atoms with Gasteiger partial charge in [-0.2, -0.15) is 0 Å². The summed E-state index contributed by atoms with van der Waals surface area (Å²) in [5, 5.41) is 13.9. The molecule has 0 aliphatic heterocycles. The molecule has 3 fully saturated rings. The number of nitrogens with one attached hydrogen (secondary N) is 2. The predicted octanol–water partition coefficient (Wildman–Crippen LogP) is 0.328. The summed E-state index contributed by atoms with van der Waals surface area (Å²) in [5.41, 5.74) is -0.0206. The Hall–Kier alpha value is -1.30. The molecular weight excluding hydrogens is 224 g/mol. The molecule has 3 rings (SSSR count). The minimum absolute atomic E-state index is 0.0206. The first-order valence-corrected chi connectivity index (χ1v) is 5.85. The first kappa shape index (κ1) is 12.2. The summed E-state index contributed by atoms with van der Waals surface area (Å²) in [4.78, 5) is 22.5. The minimum atomic E-state index is -1.18. The number of hydrogen-bond acceptors (Lipinski definition) is 3. The van der Waals surface area contributed by atoms with E-state index in [1.54, 1.807) is 0 Å². The Morgan fingerprint density at radius 3 is 2.53 bits per heavy atom. The van der Waals surface area contributed by atoms with Gasteiger partial charge < -0.3 is 20.5 Å². The molecule has 96 valence electrons. The van der Waals surface area contributed by atoms with Gasteiger partial charge in [0.05, 0.1) is 0 Å². The van der Waals surface area contributed by atoms with Crippen molar-refractivity contribution in [2.45, 2.75) is 37.3 Å². The number of carbonyl (C=O) groups is 2. The highest BCUT2D eigenvalue weighted by Crippen LogP contribution is 2.56. The average Bonchev–Trinajstić information content (AvgIpc) is 2.15. The van der Waals surface area contributed by atoms with Crippen LogP contribution in [0.5, 0.6) is 0 Å². The van der Waals surface area contributed by atoms with Crippen LogP contribution in [0.25, 0.3) is 0 Å². The van der Waals surface area contributed by atoms with Crippen LogP contribution in [0, 0.1) is 5.92 Å². The summed E-state index contributed by atoms with van der Waals surface area (Å²) in [7, 11) is 1.52. The van der Waals surface area contributed by atoms with Gasteiger partial charge in [-0.1, -0.05) is 0 Å². The minimum Gasteiger partial charge on any atom is -0.465 e. The van der Waals surface area contributed by atoms with Gasteiger partial charge in [0.2, 0.25) is 5.91 Å². The fourth-order valence-corrected chi connectivity index (χ4v) is 2.63. The maximum Gasteiger partial charge on any atom is 0.405 e. The zero-order chi connectivity index (χ0) is 12.5. The van der Waals surface area contributed by atoms with Crippen LogP contribution in [-0.4, -0.2) is 42.4 Å². The standard InChI is InChI=1S/C11H18N2O4/c1-17-3-2-8(12-10(15)16)9(14)13-11-4-7(5-11)6-11/h7-8,12H,2-6H2,1H3,(H,13,14)(H,15,16)/t7?,8-,11?/m1/s1. The second kappa shape index (κ2) is 4.52. The fourth-order valence-electron chi connectivity index (χ4n) is 2.63. The van der Waals surface area contributed by atoms with E-state index in [9.17, 15) is 9.59 Å². The van der Waals surface area contributed by atoms with Gasteiger partial charge in [-0.25, -0.2) is 4.79 Å². The van der Waals surface area contributed by atoms with Gasteiger partial charge in [-0.3, -0.25) is 4.79 Å². The SMILES string of the molecule is COCC[C@@H](NC(=O)O)C(=O)NC12CC(C1)C2. The molecule has 0 heterocycles. The Morgan fingerprint density at radius 2 is 2.12 bits per heavy atom. The van der Waals surface area contributed by atoms with E-state index in [1.807, 2.05) is 0 Å². The van der Waals surface area contributed by atoms with Crippen molar-refractivity contribution in [2.75, 3.05) is 13.7 Å². The lowest BCUT2D eigenvalue weighted by atomic mass is 9.50. The first-order valence-electron chi connectivity index (χ1n) is 5.85. The van der Waals surface area contributed by atoms with Crippen molar-refractivity contribution in [1.29, 1.82) is 0 Å². The van der Waals surface area contributed by atoms with E-state index in [1.165, 1.54) is 7.11 Å². The molecule has 0 aromatic carbocycles. The van der Waals surface area contributed by atoms with E-state index in [2.05, 4.69) is 10.6 Å². The third-order valence-electron chi connectivity index (χ3n) is 3.65. The van der Waals surface area contributed by atoms with Crippen molar-refractivity contribution in [1.82, 2.24) is 10.6 Å². The Balaban J connectivity index is 1.84. The molecule has 0 spiro atoms. The zero-order valence-electron chi connectivity index (χ0n) is 9.86. The molecule has 6 heteroatoms. The number of methoxy groups -OCH3 is 1. The molecule has 2 bridgehead atoms. The number of carbonyl (C=O) groups excluding carboxylic acids is 1. The van der Waals surface area contributed by atoms with Crippen molar-refractivity contribution in [3.63, 3.8) is 0 Å². The number of hydrogen-bond donors (Lipinski definition) is 3. The first-order chi connectivity index (χ1) is 8.04. The topological polar surface area (TPSA) is 87.7 Å². The summed E-state index contributed by atoms with van der Waals surface area (Å²) in [5.74, 6) is 0.544. The molecule has 0 aromatic rings. The van der Waals surface area contributed by atoms with E-state index in [-0.39, 0.29) is 11.4 Å². The molecule has 0 radical (unpaired) electrons. The smallest absolute Gasteiger partial charge is 0.405 e. The van der Waals surface area contributed by atoms with Gasteiger partial charge in [0, 0.05) is 25.7 Å². The van der Waals surface area contributed by atoms with Crippen LogP contribution in [0.4, 0.5) is 4.79 Å². The van der Waals surface area contributed by atoms with Crippen molar-refractivity contribution in [3.05, 3.63) is 0 Å². The molecule has 17 heavy (non-hydrogen) atoms. The van der Waals surface area contributed by atoms with E-state index < -0.39 is 12.1 Å². The maximum atomic E-state index is 11.9. The van der Waals surface area contributed by atoms with Crippen molar-refractivity contribution < 1.29 is 19.4 Å². The third kappa shape index (κ3) is 2.52. The van der Waals surface area contributed by atoms with Gasteiger partial charge in [0.15, 0.2) is 0 Å². The molecule has 0 saturated heterocycles. The number of rotatable bonds is 6. The highest BCUT2D eigenvalue weighted by atomic mass is 16.5. The summed E-state index contributed by atoms with van der Waals surface area (Å²) in [6.07, 6.45) is 2.31. The highest BCUT2D eigenvalue weighted by Gasteiger charge is 2.57. The molecule has 3 aliphatic carbocycles. The van der Waals surface area contributed by atoms with Crippen LogP contribution in [0.3, 0.4) is 0 Å². The van der Waals surface area contributed by atoms with Crippen LogP contribution in [-0.2, 0) is 9.53 Å². The summed E-state index contributed by atoms with van der Waals surface area (Å²) >= 11 is 0. The molecule has 1 atom stereocenters. The van der Waals surface area contributed by atoms with Gasteiger partial charge >= 0.3 is 6.09 Å². The lowest BCUT2D eigenvalue weighted by Crippen LogP contribution is -2.70. The van der Waals surface area contributed by atoms with E-state index in [0.717, 1.165) is 25.2 Å². The predicted molar refractivity (Wildman–Crippen MR) is 59.7 cm³/mol. The van der Waals surface area contributed by atoms with Gasteiger partial charge in [0.25, 0.3) is 0 Å². The van der Waals surface area contributed by atoms with Crippen LogP contribution in [0.15, 0.2) is 0 Å². The van der Waals surface area contributed by atoms with Crippen molar-refractivity contribution >= 4 is 12.0 Å². The molecule has 6 nitrogen and oxygen atoms in total. The van der Waals surface area contributed by atoms with Crippen LogP contribution < -0.4 is 10.6 Å². The van der Waals surface area contributed by atoms with Crippen molar-refractivity contribution in [2.24, 2.45) is 5.92 Å². The molecule has 3 N–H and O–H groups in total. The molecule has 3 saturated carbocycles. The number of ether oxygens (including phenoxy) is 1. The highest BCUT2D eigenvalue weighted by molar-refractivity contribution is 5.86. The lowest BCUT2D eigenvalue weighted by Gasteiger charge is -2.62. The maximum absolute atomic E-state index is 11.9. The summed E-state index contributed by atoms with van der Waals surface area (Å²) < 4.78 is 4.87. The van der Waals surface area contributed by atoms with Crippen LogP contribution in [0.1, 0.15) is 25.7 Å². The van der Waals surface area contributed by atoms with Crippen LogP contribution in [0.2, 0.25) is 0 Å². The summed E-state index contributed by atoms with van der Waals surface area (Å²) in [6, 6.07) is -0.721. The third-order valence-corrected chi connectivity index (χ3v) is 3.65. The molecular formula is C11H18N2O4. The monoisotopic (exact) mass is 242 g/mol. The number of amides is 2. The van der Waals surface area contributed by atoms with Gasteiger partial charge in [0.1, 0.15) is 6.04 Å². The largest absolute Gasteiger partial charge is 0.465 e. The normalized spacial score (nSPS) is 30.8. The van der Waals surface area contributed by atoms with E-state index in [4.69, 9.17) is 9.84 Å². The zero-order valence-corrected chi connectivity index (χ0v) is 9.86. The Bertz CT molecular complexity index is 314. The molecule has 3 aliphatic rings. The van der Waals surface area contributed by atoms with Crippen LogP contribution >= 0.6 is 0 Å². The van der Waals surface area contributed by atoms with E-state index >= 15 is 0 Å². The fraction of sp³-hybridized carbons (Fsp3) is 0.818. The summed E-state index contributed by atoms with van der Waals surface area (Å²) in [6.45, 7) is 0.355. The number of carboxylic acid groups (broad SMARTS) is 1. The molecule has 2 amide bonds. The lowest BCUT2D eigenvalue weighted by molar-refractivity contribution is -0.135. The van der Waals surface area contributed by atoms with Gasteiger partial charge in [-0.05, 0) is 25.2 Å².